The molecule has 0 rings (SSSR count). The van der Waals surface area contributed by atoms with Gasteiger partial charge in [0, 0.05) is 12.8 Å². The second-order valence-corrected chi connectivity index (χ2v) is 3.26. The predicted molar refractivity (Wildman–Crippen MR) is 60.3 cm³/mol. The summed E-state index contributed by atoms with van der Waals surface area (Å²) in [7, 11) is 0. The van der Waals surface area contributed by atoms with E-state index in [-0.39, 0.29) is 25.4 Å². The van der Waals surface area contributed by atoms with Crippen molar-refractivity contribution in [2.24, 2.45) is 0 Å². The van der Waals surface area contributed by atoms with Gasteiger partial charge in [-0.15, -0.1) is 18.8 Å². The van der Waals surface area contributed by atoms with E-state index in [9.17, 15) is 9.59 Å². The van der Waals surface area contributed by atoms with E-state index in [1.54, 1.807) is 0 Å². The minimum atomic E-state index is -1.06. The predicted octanol–water partition coefficient (Wildman–Crippen LogP) is 0.726. The Balaban J connectivity index is 4.03. The minimum Gasteiger partial charge on any atom is -0.480 e. The number of amides is 1. The number of hydrogen-bond acceptors (Lipinski definition) is 2. The molecule has 4 nitrogen and oxygen atoms in total. The van der Waals surface area contributed by atoms with Crippen molar-refractivity contribution in [1.82, 2.24) is 4.90 Å². The maximum atomic E-state index is 11.5. The van der Waals surface area contributed by atoms with Gasteiger partial charge in [-0.3, -0.25) is 9.59 Å². The summed E-state index contributed by atoms with van der Waals surface area (Å²) in [5.41, 5.74) is 0. The molecule has 1 amide bonds. The Kier molecular flexibility index (Phi) is 7.36. The van der Waals surface area contributed by atoms with E-state index in [2.05, 4.69) is 11.8 Å². The second kappa shape index (κ2) is 8.38. The van der Waals surface area contributed by atoms with E-state index in [0.717, 1.165) is 11.3 Å². The molecule has 0 aromatic carbocycles. The van der Waals surface area contributed by atoms with Gasteiger partial charge < -0.3 is 10.0 Å². The smallest absolute Gasteiger partial charge is 0.323 e. The summed E-state index contributed by atoms with van der Waals surface area (Å²) in [4.78, 5) is 23.2. The van der Waals surface area contributed by atoms with Crippen molar-refractivity contribution < 1.29 is 14.7 Å². The number of terminal acetylenes is 2. The number of rotatable bonds is 7. The topological polar surface area (TPSA) is 57.6 Å². The van der Waals surface area contributed by atoms with E-state index in [1.165, 1.54) is 0 Å². The molecule has 0 unspecified atom stereocenters. The maximum Gasteiger partial charge on any atom is 0.323 e. The molecule has 0 spiro atoms. The summed E-state index contributed by atoms with van der Waals surface area (Å²) in [5.74, 6) is 3.44. The molecule has 0 aliphatic heterocycles. The molecular formula is C12H15NO3. The molecule has 0 bridgehead atoms. The van der Waals surface area contributed by atoms with Crippen LogP contribution >= 0.6 is 0 Å². The maximum absolute atomic E-state index is 11.5. The van der Waals surface area contributed by atoms with Crippen molar-refractivity contribution >= 4 is 11.9 Å². The molecule has 0 saturated carbocycles. The number of carboxylic acid groups (broad SMARTS) is 1. The lowest BCUT2D eigenvalue weighted by atomic mass is 10.2. The Bertz CT molecular complexity index is 322. The summed E-state index contributed by atoms with van der Waals surface area (Å²) >= 11 is 0. The Morgan fingerprint density at radius 3 is 2.38 bits per heavy atom. The van der Waals surface area contributed by atoms with E-state index in [1.807, 2.05) is 0 Å². The van der Waals surface area contributed by atoms with Crippen LogP contribution in [0.5, 0.6) is 0 Å². The Labute approximate surface area is 95.6 Å². The lowest BCUT2D eigenvalue weighted by Crippen LogP contribution is -2.35. The highest BCUT2D eigenvalue weighted by atomic mass is 16.4. The van der Waals surface area contributed by atoms with Gasteiger partial charge in [0.05, 0.1) is 6.54 Å². The summed E-state index contributed by atoms with van der Waals surface area (Å²) in [6.07, 6.45) is 12.5. The van der Waals surface area contributed by atoms with Crippen LogP contribution in [0.2, 0.25) is 0 Å². The average Bonchev–Trinajstić information content (AvgIpc) is 2.23. The van der Waals surface area contributed by atoms with E-state index < -0.39 is 5.97 Å². The van der Waals surface area contributed by atoms with Crippen molar-refractivity contribution in [3.8, 4) is 24.7 Å². The van der Waals surface area contributed by atoms with E-state index in [0.29, 0.717) is 12.8 Å². The fourth-order valence-electron chi connectivity index (χ4n) is 1.17. The number of nitrogens with zero attached hydrogens (tertiary/aromatic N) is 1. The van der Waals surface area contributed by atoms with E-state index in [4.69, 9.17) is 18.0 Å². The van der Waals surface area contributed by atoms with Gasteiger partial charge in [-0.05, 0) is 12.8 Å². The molecule has 0 aliphatic rings. The highest BCUT2D eigenvalue weighted by Gasteiger charge is 2.14. The first-order valence-corrected chi connectivity index (χ1v) is 4.98. The summed E-state index contributed by atoms with van der Waals surface area (Å²) in [6, 6.07) is 0. The highest BCUT2D eigenvalue weighted by Crippen LogP contribution is 2.02. The third-order valence-electron chi connectivity index (χ3n) is 1.92. The van der Waals surface area contributed by atoms with Crippen LogP contribution in [0.1, 0.15) is 25.7 Å². The molecule has 0 heterocycles. The summed E-state index contributed by atoms with van der Waals surface area (Å²) in [5, 5.41) is 8.58. The lowest BCUT2D eigenvalue weighted by molar-refractivity contribution is -0.144. The van der Waals surface area contributed by atoms with Gasteiger partial charge in [-0.25, -0.2) is 0 Å². The molecular weight excluding hydrogens is 206 g/mol. The SMILES string of the molecule is C#CCCCCC(=O)N(CC#C)CC(=O)O. The molecule has 86 valence electrons. The normalized spacial score (nSPS) is 8.88. The zero-order valence-electron chi connectivity index (χ0n) is 9.11. The number of aliphatic carboxylic acids is 1. The first-order chi connectivity index (χ1) is 7.61. The van der Waals surface area contributed by atoms with Crippen molar-refractivity contribution in [1.29, 1.82) is 0 Å². The van der Waals surface area contributed by atoms with Crippen molar-refractivity contribution in [2.75, 3.05) is 13.1 Å². The van der Waals surface area contributed by atoms with Crippen LogP contribution in [0.15, 0.2) is 0 Å². The molecule has 0 saturated heterocycles. The van der Waals surface area contributed by atoms with Crippen LogP contribution in [0.4, 0.5) is 0 Å². The van der Waals surface area contributed by atoms with Crippen LogP contribution < -0.4 is 0 Å². The van der Waals surface area contributed by atoms with Gasteiger partial charge in [0.2, 0.25) is 5.91 Å². The van der Waals surface area contributed by atoms with Crippen LogP contribution in [0.25, 0.3) is 0 Å². The van der Waals surface area contributed by atoms with E-state index >= 15 is 0 Å². The number of carbonyl (C=O) groups excluding carboxylic acids is 1. The molecule has 0 aliphatic carbocycles. The zero-order chi connectivity index (χ0) is 12.4. The first-order valence-electron chi connectivity index (χ1n) is 4.98. The molecule has 1 N–H and O–H groups in total. The van der Waals surface area contributed by atoms with Crippen LogP contribution in [0.3, 0.4) is 0 Å². The van der Waals surface area contributed by atoms with Crippen molar-refractivity contribution in [2.45, 2.75) is 25.7 Å². The Morgan fingerprint density at radius 2 is 1.88 bits per heavy atom. The summed E-state index contributed by atoms with van der Waals surface area (Å²) < 4.78 is 0. The van der Waals surface area contributed by atoms with Crippen LogP contribution in [0, 0.1) is 24.7 Å². The van der Waals surface area contributed by atoms with Gasteiger partial charge in [0.25, 0.3) is 0 Å². The fraction of sp³-hybridized carbons (Fsp3) is 0.500. The molecule has 0 aromatic heterocycles. The molecule has 0 radical (unpaired) electrons. The molecule has 0 fully saturated rings. The number of carbonyl (C=O) groups is 2. The number of unbranched alkanes of at least 4 members (excludes halogenated alkanes) is 2. The first kappa shape index (κ1) is 14.1. The molecule has 0 atom stereocenters. The minimum absolute atomic E-state index is 0.0280. The lowest BCUT2D eigenvalue weighted by Gasteiger charge is -2.17. The van der Waals surface area contributed by atoms with Crippen LogP contribution in [-0.4, -0.2) is 35.0 Å². The standard InChI is InChI=1S/C12H15NO3/c1-3-5-6-7-8-11(14)13(9-4-2)10-12(15)16/h1-2H,5-10H2,(H,15,16). The molecule has 0 aromatic rings. The number of carboxylic acids is 1. The number of hydrogen-bond donors (Lipinski definition) is 1. The second-order valence-electron chi connectivity index (χ2n) is 3.26. The van der Waals surface area contributed by atoms with Gasteiger partial charge in [-0.2, -0.15) is 0 Å². The third-order valence-corrected chi connectivity index (χ3v) is 1.92. The Morgan fingerprint density at radius 1 is 1.19 bits per heavy atom. The van der Waals surface area contributed by atoms with Gasteiger partial charge in [0.15, 0.2) is 0 Å². The molecule has 4 heteroatoms. The van der Waals surface area contributed by atoms with Gasteiger partial charge in [-0.1, -0.05) is 5.92 Å². The monoisotopic (exact) mass is 221 g/mol. The fourth-order valence-corrected chi connectivity index (χ4v) is 1.17. The largest absolute Gasteiger partial charge is 0.480 e. The molecule has 16 heavy (non-hydrogen) atoms. The Hall–Kier alpha value is -1.94. The third kappa shape index (κ3) is 6.50. The van der Waals surface area contributed by atoms with Gasteiger partial charge >= 0.3 is 5.97 Å². The van der Waals surface area contributed by atoms with Crippen molar-refractivity contribution in [3.05, 3.63) is 0 Å². The quantitative estimate of drug-likeness (QED) is 0.509. The summed E-state index contributed by atoms with van der Waals surface area (Å²) in [6.45, 7) is -0.321. The van der Waals surface area contributed by atoms with Crippen LogP contribution in [-0.2, 0) is 9.59 Å². The van der Waals surface area contributed by atoms with Crippen molar-refractivity contribution in [3.63, 3.8) is 0 Å². The zero-order valence-corrected chi connectivity index (χ0v) is 9.11. The average molecular weight is 221 g/mol. The van der Waals surface area contributed by atoms with Gasteiger partial charge in [0.1, 0.15) is 6.54 Å². The highest BCUT2D eigenvalue weighted by molar-refractivity contribution is 5.81.